The van der Waals surface area contributed by atoms with Gasteiger partial charge >= 0.3 is 6.55 Å². The first kappa shape index (κ1) is 18.5. The van der Waals surface area contributed by atoms with Crippen LogP contribution in [0.2, 0.25) is 5.02 Å². The second-order valence-corrected chi connectivity index (χ2v) is 5.64. The number of ketones is 1. The van der Waals surface area contributed by atoms with E-state index in [0.717, 1.165) is 4.57 Å². The maximum absolute atomic E-state index is 13.3. The van der Waals surface area contributed by atoms with Crippen LogP contribution >= 0.6 is 28.6 Å². The van der Waals surface area contributed by atoms with E-state index in [1.807, 2.05) is 0 Å². The predicted octanol–water partition coefficient (Wildman–Crippen LogP) is 4.75. The number of benzene rings is 2. The van der Waals surface area contributed by atoms with Crippen molar-refractivity contribution in [2.45, 2.75) is 20.0 Å². The number of nitrogens with zero attached hydrogens (tertiary/aromatic N) is 2. The molecule has 3 rings (SSSR count). The van der Waals surface area contributed by atoms with Gasteiger partial charge in [0.15, 0.2) is 17.6 Å². The molecule has 24 heavy (non-hydrogen) atoms. The lowest BCUT2D eigenvalue weighted by Gasteiger charge is -2.02. The highest BCUT2D eigenvalue weighted by molar-refractivity contribution is 8.93. The molecule has 0 aliphatic heterocycles. The Morgan fingerprint density at radius 1 is 1.17 bits per heavy atom. The molecule has 0 aliphatic rings. The van der Waals surface area contributed by atoms with Crippen LogP contribution in [0.4, 0.5) is 8.78 Å². The van der Waals surface area contributed by atoms with Crippen molar-refractivity contribution >= 4 is 45.4 Å². The molecule has 1 heterocycles. The largest absolute Gasteiger partial charge is 0.387 e. The quantitative estimate of drug-likeness (QED) is 0.445. The van der Waals surface area contributed by atoms with Crippen molar-refractivity contribution in [2.24, 2.45) is 0 Å². The summed E-state index contributed by atoms with van der Waals surface area (Å²) in [6.07, 6.45) is 0. The van der Waals surface area contributed by atoms with Gasteiger partial charge in [0.05, 0.1) is 0 Å². The molecule has 0 bridgehead atoms. The number of para-hydroxylation sites is 2. The SMILES string of the molecule is Br.Cc1n(C(F)F)c2ccccc2[n+]1CC(=O)c1ccc(Cl)cc1. The van der Waals surface area contributed by atoms with Crippen molar-refractivity contribution in [1.29, 1.82) is 0 Å². The van der Waals surface area contributed by atoms with E-state index in [0.29, 0.717) is 27.4 Å². The summed E-state index contributed by atoms with van der Waals surface area (Å²) in [6.45, 7) is -1.08. The molecule has 0 atom stereocenters. The summed E-state index contributed by atoms with van der Waals surface area (Å²) in [5, 5.41) is 0.541. The van der Waals surface area contributed by atoms with Crippen molar-refractivity contribution in [3.63, 3.8) is 0 Å². The Morgan fingerprint density at radius 2 is 1.79 bits per heavy atom. The average molecular weight is 417 g/mol. The number of aromatic nitrogens is 2. The first-order chi connectivity index (χ1) is 11.0. The van der Waals surface area contributed by atoms with Crippen LogP contribution in [0.1, 0.15) is 22.7 Å². The van der Waals surface area contributed by atoms with Crippen LogP contribution in [-0.4, -0.2) is 10.4 Å². The Kier molecular flexibility index (Phi) is 5.72. The van der Waals surface area contributed by atoms with Crippen LogP contribution < -0.4 is 4.57 Å². The molecule has 0 unspecified atom stereocenters. The molecule has 3 nitrogen and oxygen atoms in total. The van der Waals surface area contributed by atoms with Gasteiger partial charge in [-0.1, -0.05) is 23.7 Å². The molecule has 2 aromatic carbocycles. The van der Waals surface area contributed by atoms with E-state index in [2.05, 4.69) is 0 Å². The first-order valence-corrected chi connectivity index (χ1v) is 7.43. The number of Topliss-reactive ketones (excluding diaryl/α,β-unsaturated/α-hetero) is 1. The number of imidazole rings is 1. The summed E-state index contributed by atoms with van der Waals surface area (Å²) in [6, 6.07) is 13.4. The molecule has 0 N–H and O–H groups in total. The van der Waals surface area contributed by atoms with Gasteiger partial charge in [0.1, 0.15) is 0 Å². The standard InChI is InChI=1S/C17H14ClF2N2O.BrH/c1-11-21(10-16(23)12-6-8-13(18)9-7-12)14-4-2-3-5-15(14)22(11)17(19)20;/h2-9,17H,10H2,1H3;1H/q+1;. The predicted molar refractivity (Wildman–Crippen MR) is 94.2 cm³/mol. The molecular weight excluding hydrogens is 402 g/mol. The van der Waals surface area contributed by atoms with E-state index in [9.17, 15) is 13.6 Å². The summed E-state index contributed by atoms with van der Waals surface area (Å²) in [4.78, 5) is 12.4. The first-order valence-electron chi connectivity index (χ1n) is 7.05. The Balaban J connectivity index is 0.00000208. The lowest BCUT2D eigenvalue weighted by molar-refractivity contribution is -0.664. The number of carbonyl (C=O) groups excluding carboxylic acids is 1. The van der Waals surface area contributed by atoms with Crippen LogP contribution in [-0.2, 0) is 6.54 Å². The highest BCUT2D eigenvalue weighted by Crippen LogP contribution is 2.21. The van der Waals surface area contributed by atoms with Gasteiger partial charge in [-0.2, -0.15) is 13.3 Å². The zero-order chi connectivity index (χ0) is 16.6. The monoisotopic (exact) mass is 415 g/mol. The minimum absolute atomic E-state index is 0. The summed E-state index contributed by atoms with van der Waals surface area (Å²) in [5.74, 6) is 0.176. The number of hydrogen-bond acceptors (Lipinski definition) is 1. The minimum atomic E-state index is -2.66. The molecule has 0 amide bonds. The van der Waals surface area contributed by atoms with Crippen LogP contribution in [0.3, 0.4) is 0 Å². The van der Waals surface area contributed by atoms with Gasteiger partial charge in [0.25, 0.3) is 5.82 Å². The van der Waals surface area contributed by atoms with Gasteiger partial charge in [0.2, 0.25) is 5.78 Å². The number of carbonyl (C=O) groups is 1. The number of hydrogen-bond donors (Lipinski definition) is 0. The Morgan fingerprint density at radius 3 is 2.42 bits per heavy atom. The minimum Gasteiger partial charge on any atom is -0.290 e. The van der Waals surface area contributed by atoms with E-state index in [1.165, 1.54) is 0 Å². The Labute approximate surface area is 153 Å². The highest BCUT2D eigenvalue weighted by Gasteiger charge is 2.28. The number of fused-ring (bicyclic) bond motifs is 1. The third kappa shape index (κ3) is 3.35. The Bertz CT molecular complexity index is 878. The van der Waals surface area contributed by atoms with Crippen molar-refractivity contribution in [3.8, 4) is 0 Å². The van der Waals surface area contributed by atoms with E-state index in [1.54, 1.807) is 60.0 Å². The fraction of sp³-hybridized carbons (Fsp3) is 0.176. The third-order valence-electron chi connectivity index (χ3n) is 3.83. The molecule has 0 saturated carbocycles. The van der Waals surface area contributed by atoms with Crippen molar-refractivity contribution in [1.82, 2.24) is 4.57 Å². The van der Waals surface area contributed by atoms with E-state index < -0.39 is 6.55 Å². The fourth-order valence-electron chi connectivity index (χ4n) is 2.69. The van der Waals surface area contributed by atoms with Gasteiger partial charge < -0.3 is 0 Å². The third-order valence-corrected chi connectivity index (χ3v) is 4.09. The van der Waals surface area contributed by atoms with Gasteiger partial charge in [0, 0.05) is 17.5 Å². The van der Waals surface area contributed by atoms with Crippen LogP contribution in [0.25, 0.3) is 11.0 Å². The summed E-state index contributed by atoms with van der Waals surface area (Å²) >= 11 is 5.81. The molecule has 126 valence electrons. The zero-order valence-corrected chi connectivity index (χ0v) is 15.2. The lowest BCUT2D eigenvalue weighted by atomic mass is 10.1. The summed E-state index contributed by atoms with van der Waals surface area (Å²) in [5.41, 5.74) is 1.51. The molecule has 0 fully saturated rings. The summed E-state index contributed by atoms with van der Waals surface area (Å²) in [7, 11) is 0. The second kappa shape index (κ2) is 7.40. The van der Waals surface area contributed by atoms with Crippen molar-refractivity contribution in [3.05, 3.63) is 64.9 Å². The van der Waals surface area contributed by atoms with Gasteiger partial charge in [-0.05, 0) is 36.4 Å². The molecule has 0 spiro atoms. The van der Waals surface area contributed by atoms with Gasteiger partial charge in [-0.25, -0.2) is 4.57 Å². The van der Waals surface area contributed by atoms with Crippen LogP contribution in [0.15, 0.2) is 48.5 Å². The van der Waals surface area contributed by atoms with E-state index >= 15 is 0 Å². The smallest absolute Gasteiger partial charge is 0.290 e. The maximum atomic E-state index is 13.3. The number of rotatable bonds is 4. The maximum Gasteiger partial charge on any atom is 0.387 e. The highest BCUT2D eigenvalue weighted by atomic mass is 79.9. The molecule has 0 saturated heterocycles. The second-order valence-electron chi connectivity index (χ2n) is 5.20. The van der Waals surface area contributed by atoms with Gasteiger partial charge in [-0.15, -0.1) is 17.0 Å². The normalized spacial score (nSPS) is 10.9. The molecule has 0 radical (unpaired) electrons. The number of halogens is 4. The van der Waals surface area contributed by atoms with E-state index in [4.69, 9.17) is 11.6 Å². The van der Waals surface area contributed by atoms with E-state index in [-0.39, 0.29) is 29.3 Å². The Hall–Kier alpha value is -1.79. The summed E-state index contributed by atoms with van der Waals surface area (Å²) < 4.78 is 29.2. The topological polar surface area (TPSA) is 25.9 Å². The molecule has 1 aromatic heterocycles. The van der Waals surface area contributed by atoms with Gasteiger partial charge in [-0.3, -0.25) is 4.79 Å². The zero-order valence-electron chi connectivity index (χ0n) is 12.7. The molecule has 7 heteroatoms. The average Bonchev–Trinajstić information content (AvgIpc) is 2.80. The van der Waals surface area contributed by atoms with Crippen LogP contribution in [0.5, 0.6) is 0 Å². The molecular formula is C17H15BrClF2N2O+. The van der Waals surface area contributed by atoms with Crippen molar-refractivity contribution in [2.75, 3.05) is 0 Å². The number of alkyl halides is 2. The molecule has 3 aromatic rings. The van der Waals surface area contributed by atoms with Crippen molar-refractivity contribution < 1.29 is 18.1 Å². The van der Waals surface area contributed by atoms with Crippen LogP contribution in [0, 0.1) is 6.92 Å². The fourth-order valence-corrected chi connectivity index (χ4v) is 2.82. The molecule has 0 aliphatic carbocycles. The lowest BCUT2D eigenvalue weighted by Crippen LogP contribution is -2.40.